The summed E-state index contributed by atoms with van der Waals surface area (Å²) in [6.07, 6.45) is 1.94. The van der Waals surface area contributed by atoms with Crippen molar-refractivity contribution in [2.45, 2.75) is 38.1 Å². The molecule has 0 fully saturated rings. The summed E-state index contributed by atoms with van der Waals surface area (Å²) in [4.78, 5) is 40.3. The van der Waals surface area contributed by atoms with E-state index in [9.17, 15) is 14.4 Å². The van der Waals surface area contributed by atoms with Crippen LogP contribution in [0.3, 0.4) is 0 Å². The Morgan fingerprint density at radius 3 is 2.25 bits per heavy atom. The van der Waals surface area contributed by atoms with E-state index in [4.69, 9.17) is 10.2 Å². The minimum Gasteiger partial charge on any atom is -0.481 e. The number of carbonyl (C=O) groups excluding carboxylic acids is 1. The number of carboxylic acid groups (broad SMARTS) is 2. The number of aromatic nitrogens is 2. The fraction of sp³-hybridized carbons (Fsp3) is 0.500. The molecular weight excluding hydrogens is 266 g/mol. The van der Waals surface area contributed by atoms with E-state index in [0.29, 0.717) is 5.69 Å². The molecule has 8 heteroatoms. The van der Waals surface area contributed by atoms with Gasteiger partial charge < -0.3 is 20.5 Å². The van der Waals surface area contributed by atoms with Gasteiger partial charge in [-0.3, -0.25) is 14.4 Å². The van der Waals surface area contributed by atoms with Gasteiger partial charge >= 0.3 is 11.9 Å². The topological polar surface area (TPSA) is 132 Å². The third-order valence-electron chi connectivity index (χ3n) is 3.15. The van der Waals surface area contributed by atoms with Gasteiger partial charge in [-0.1, -0.05) is 6.92 Å². The van der Waals surface area contributed by atoms with Gasteiger partial charge in [0.15, 0.2) is 0 Å². The molecule has 1 heterocycles. The lowest BCUT2D eigenvalue weighted by Gasteiger charge is -2.36. The van der Waals surface area contributed by atoms with Gasteiger partial charge in [0, 0.05) is 19.0 Å². The van der Waals surface area contributed by atoms with Crippen molar-refractivity contribution in [3.63, 3.8) is 0 Å². The average Bonchev–Trinajstić information content (AvgIpc) is 2.77. The van der Waals surface area contributed by atoms with Crippen LogP contribution in [0.25, 0.3) is 0 Å². The molecule has 110 valence electrons. The van der Waals surface area contributed by atoms with Gasteiger partial charge in [-0.2, -0.15) is 0 Å². The molecule has 0 aliphatic rings. The quantitative estimate of drug-likeness (QED) is 0.570. The first kappa shape index (κ1) is 15.7. The fourth-order valence-corrected chi connectivity index (χ4v) is 2.25. The number of carbonyl (C=O) groups is 3. The number of nitrogens with one attached hydrogen (secondary N) is 2. The van der Waals surface area contributed by atoms with Crippen LogP contribution in [-0.4, -0.2) is 43.6 Å². The van der Waals surface area contributed by atoms with E-state index in [-0.39, 0.29) is 0 Å². The second kappa shape index (κ2) is 6.18. The lowest BCUT2D eigenvalue weighted by molar-refractivity contribution is -0.143. The minimum absolute atomic E-state index is 0.487. The summed E-state index contributed by atoms with van der Waals surface area (Å²) in [6.45, 7) is 2.85. The Morgan fingerprint density at radius 1 is 1.35 bits per heavy atom. The van der Waals surface area contributed by atoms with Gasteiger partial charge in [0.25, 0.3) is 0 Å². The maximum absolute atomic E-state index is 11.4. The summed E-state index contributed by atoms with van der Waals surface area (Å²) < 4.78 is 0. The molecule has 1 amide bonds. The zero-order chi connectivity index (χ0) is 15.3. The van der Waals surface area contributed by atoms with Gasteiger partial charge in [-0.25, -0.2) is 4.98 Å². The van der Waals surface area contributed by atoms with E-state index in [0.717, 1.165) is 0 Å². The molecule has 0 bridgehead atoms. The number of rotatable bonds is 7. The summed E-state index contributed by atoms with van der Waals surface area (Å²) in [6, 6.07) is 0. The number of aliphatic carboxylic acids is 2. The second-order valence-corrected chi connectivity index (χ2v) is 4.69. The Morgan fingerprint density at radius 2 is 1.90 bits per heavy atom. The van der Waals surface area contributed by atoms with Crippen LogP contribution in [0.2, 0.25) is 0 Å². The number of amides is 1. The molecule has 4 N–H and O–H groups in total. The standard InChI is InChI=1S/C12H17N3O5/c1-7(9-5-13-6-14-9)12(3-10(17)18,4-11(19)20)15-8(2)16/h5-7H,3-4H2,1-2H3,(H,13,14)(H,15,16)(H,17,18)(H,19,20). The van der Waals surface area contributed by atoms with Crippen molar-refractivity contribution in [1.82, 2.24) is 15.3 Å². The molecule has 0 spiro atoms. The maximum atomic E-state index is 11.4. The molecule has 1 atom stereocenters. The normalized spacial score (nSPS) is 12.7. The molecule has 0 aliphatic heterocycles. The third kappa shape index (κ3) is 3.81. The average molecular weight is 283 g/mol. The molecule has 1 rings (SSSR count). The number of nitrogens with zero attached hydrogens (tertiary/aromatic N) is 1. The zero-order valence-electron chi connectivity index (χ0n) is 11.2. The molecule has 1 aromatic heterocycles. The van der Waals surface area contributed by atoms with Crippen LogP contribution in [0.15, 0.2) is 12.5 Å². The molecule has 0 radical (unpaired) electrons. The van der Waals surface area contributed by atoms with Gasteiger partial charge in [-0.05, 0) is 0 Å². The largest absolute Gasteiger partial charge is 0.481 e. The second-order valence-electron chi connectivity index (χ2n) is 4.69. The minimum atomic E-state index is -1.43. The van der Waals surface area contributed by atoms with E-state index in [1.165, 1.54) is 13.3 Å². The highest BCUT2D eigenvalue weighted by Crippen LogP contribution is 2.33. The van der Waals surface area contributed by atoms with Crippen molar-refractivity contribution in [3.05, 3.63) is 18.2 Å². The Kier molecular flexibility index (Phi) is 4.84. The molecule has 1 unspecified atom stereocenters. The van der Waals surface area contributed by atoms with Crippen LogP contribution in [0.5, 0.6) is 0 Å². The van der Waals surface area contributed by atoms with Gasteiger partial charge in [-0.15, -0.1) is 0 Å². The van der Waals surface area contributed by atoms with Crippen molar-refractivity contribution in [3.8, 4) is 0 Å². The number of hydrogen-bond acceptors (Lipinski definition) is 4. The first-order valence-corrected chi connectivity index (χ1v) is 5.98. The zero-order valence-corrected chi connectivity index (χ0v) is 11.2. The molecule has 0 saturated carbocycles. The van der Waals surface area contributed by atoms with Crippen LogP contribution >= 0.6 is 0 Å². The number of imidazole rings is 1. The fourth-order valence-electron chi connectivity index (χ4n) is 2.25. The predicted molar refractivity (Wildman–Crippen MR) is 68.1 cm³/mol. The monoisotopic (exact) mass is 283 g/mol. The highest BCUT2D eigenvalue weighted by Gasteiger charge is 2.42. The third-order valence-corrected chi connectivity index (χ3v) is 3.15. The van der Waals surface area contributed by atoms with Crippen LogP contribution in [0, 0.1) is 0 Å². The molecule has 1 aromatic rings. The van der Waals surface area contributed by atoms with Gasteiger partial charge in [0.05, 0.1) is 30.4 Å². The first-order valence-electron chi connectivity index (χ1n) is 5.98. The van der Waals surface area contributed by atoms with Crippen molar-refractivity contribution in [1.29, 1.82) is 0 Å². The molecule has 0 saturated heterocycles. The van der Waals surface area contributed by atoms with Crippen LogP contribution in [-0.2, 0) is 14.4 Å². The predicted octanol–water partition coefficient (Wildman–Crippen LogP) is 0.338. The number of aromatic amines is 1. The SMILES string of the molecule is CC(=O)NC(CC(=O)O)(CC(=O)O)C(C)c1c[nH]cn1. The van der Waals surface area contributed by atoms with Crippen molar-refractivity contribution >= 4 is 17.8 Å². The van der Waals surface area contributed by atoms with Crippen LogP contribution in [0.4, 0.5) is 0 Å². The highest BCUT2D eigenvalue weighted by atomic mass is 16.4. The molecule has 20 heavy (non-hydrogen) atoms. The summed E-state index contributed by atoms with van der Waals surface area (Å²) in [5.41, 5.74) is -0.945. The first-order chi connectivity index (χ1) is 9.27. The van der Waals surface area contributed by atoms with E-state index in [2.05, 4.69) is 15.3 Å². The van der Waals surface area contributed by atoms with Crippen LogP contribution in [0.1, 0.15) is 38.3 Å². The number of carboxylic acids is 2. The summed E-state index contributed by atoms with van der Waals surface area (Å²) in [5, 5.41) is 20.6. The molecule has 8 nitrogen and oxygen atoms in total. The molecule has 0 aliphatic carbocycles. The number of H-pyrrole nitrogens is 1. The number of hydrogen-bond donors (Lipinski definition) is 4. The van der Waals surface area contributed by atoms with E-state index < -0.39 is 42.1 Å². The Hall–Kier alpha value is -2.38. The summed E-state index contributed by atoms with van der Waals surface area (Å²) >= 11 is 0. The smallest absolute Gasteiger partial charge is 0.305 e. The van der Waals surface area contributed by atoms with Crippen molar-refractivity contribution in [2.75, 3.05) is 0 Å². The van der Waals surface area contributed by atoms with Crippen molar-refractivity contribution in [2.24, 2.45) is 0 Å². The van der Waals surface area contributed by atoms with Crippen LogP contribution < -0.4 is 5.32 Å². The van der Waals surface area contributed by atoms with Gasteiger partial charge in [0.1, 0.15) is 0 Å². The highest BCUT2D eigenvalue weighted by molar-refractivity contribution is 5.79. The van der Waals surface area contributed by atoms with Gasteiger partial charge in [0.2, 0.25) is 5.91 Å². The van der Waals surface area contributed by atoms with E-state index >= 15 is 0 Å². The molecular formula is C12H17N3O5. The lowest BCUT2D eigenvalue weighted by atomic mass is 9.77. The van der Waals surface area contributed by atoms with E-state index in [1.54, 1.807) is 13.1 Å². The Labute approximate surface area is 115 Å². The summed E-state index contributed by atoms with van der Waals surface area (Å²) in [7, 11) is 0. The maximum Gasteiger partial charge on any atom is 0.305 e. The van der Waals surface area contributed by atoms with E-state index in [1.807, 2.05) is 0 Å². The van der Waals surface area contributed by atoms with Crippen molar-refractivity contribution < 1.29 is 24.6 Å². The Bertz CT molecular complexity index is 456. The lowest BCUT2D eigenvalue weighted by Crippen LogP contribution is -2.54. The molecule has 0 aromatic carbocycles. The Balaban J connectivity index is 3.22. The summed E-state index contributed by atoms with van der Waals surface area (Å²) in [5.74, 6) is -3.45.